The van der Waals surface area contributed by atoms with Gasteiger partial charge in [-0.05, 0) is 6.92 Å². The van der Waals surface area contributed by atoms with E-state index in [0.717, 1.165) is 0 Å². The summed E-state index contributed by atoms with van der Waals surface area (Å²) < 4.78 is 20.9. The first-order chi connectivity index (χ1) is 7.65. The Morgan fingerprint density at radius 2 is 1.31 bits per heavy atom. The van der Waals surface area contributed by atoms with Crippen LogP contribution in [0.25, 0.3) is 0 Å². The first kappa shape index (κ1) is 15.8. The smallest absolute Gasteiger partial charge is 0.184 e. The zero-order valence-corrected chi connectivity index (χ0v) is 11.0. The fraction of sp³-hybridized carbons (Fsp3) is 1.00. The van der Waals surface area contributed by atoms with Crippen molar-refractivity contribution in [1.82, 2.24) is 0 Å². The van der Waals surface area contributed by atoms with Crippen LogP contribution in [0.3, 0.4) is 0 Å². The van der Waals surface area contributed by atoms with Gasteiger partial charge >= 0.3 is 0 Å². The molecule has 0 spiro atoms. The number of rotatable bonds is 3. The molecular formula is C11H24O5. The summed E-state index contributed by atoms with van der Waals surface area (Å²) in [7, 11) is 4.65. The Morgan fingerprint density at radius 3 is 1.69 bits per heavy atom. The minimum Gasteiger partial charge on any atom is -0.376 e. The average Bonchev–Trinajstić information content (AvgIpc) is 2.30. The van der Waals surface area contributed by atoms with Gasteiger partial charge in [0.15, 0.2) is 6.29 Å². The van der Waals surface area contributed by atoms with Crippen LogP contribution in [0, 0.1) is 0 Å². The largest absolute Gasteiger partial charge is 0.376 e. The highest BCUT2D eigenvalue weighted by atomic mass is 16.7. The normalized spacial score (nSPS) is 38.8. The monoisotopic (exact) mass is 236 g/mol. The maximum Gasteiger partial charge on any atom is 0.184 e. The molecule has 5 heteroatoms. The summed E-state index contributed by atoms with van der Waals surface area (Å²) in [6.45, 7) is 5.83. The molecule has 1 aliphatic heterocycles. The van der Waals surface area contributed by atoms with Gasteiger partial charge in [-0.15, -0.1) is 0 Å². The second-order valence-corrected chi connectivity index (χ2v) is 3.33. The third kappa shape index (κ3) is 3.40. The second-order valence-electron chi connectivity index (χ2n) is 3.33. The van der Waals surface area contributed by atoms with Crippen molar-refractivity contribution < 1.29 is 24.1 Å². The van der Waals surface area contributed by atoms with E-state index in [1.54, 1.807) is 14.2 Å². The van der Waals surface area contributed by atoms with Crippen LogP contribution < -0.4 is 0 Å². The molecule has 0 aromatic carbocycles. The molecule has 3 unspecified atom stereocenters. The molecule has 1 fully saturated rings. The van der Waals surface area contributed by atoms with Crippen molar-refractivity contribution in [2.45, 2.75) is 51.5 Å². The Bertz CT molecular complexity index is 160. The molecule has 1 N–H and O–H groups in total. The van der Waals surface area contributed by atoms with Crippen LogP contribution in [0.5, 0.6) is 0 Å². The van der Waals surface area contributed by atoms with Crippen LogP contribution in [0.15, 0.2) is 0 Å². The Labute approximate surface area is 97.6 Å². The highest BCUT2D eigenvalue weighted by molar-refractivity contribution is 4.89. The van der Waals surface area contributed by atoms with Crippen LogP contribution in [0.4, 0.5) is 0 Å². The lowest BCUT2D eigenvalue weighted by Crippen LogP contribution is -2.58. The quantitative estimate of drug-likeness (QED) is 0.785. The predicted octanol–water partition coefficient (Wildman–Crippen LogP) is 0.795. The molecule has 0 aromatic heterocycles. The van der Waals surface area contributed by atoms with Crippen molar-refractivity contribution >= 4 is 0 Å². The van der Waals surface area contributed by atoms with Gasteiger partial charge in [-0.3, -0.25) is 0 Å². The van der Waals surface area contributed by atoms with Gasteiger partial charge in [-0.2, -0.15) is 0 Å². The molecule has 0 aliphatic carbocycles. The van der Waals surface area contributed by atoms with Gasteiger partial charge < -0.3 is 24.1 Å². The maximum atomic E-state index is 9.57. The van der Waals surface area contributed by atoms with E-state index >= 15 is 0 Å². The molecular weight excluding hydrogens is 212 g/mol. The third-order valence-corrected chi connectivity index (χ3v) is 2.56. The second kappa shape index (κ2) is 7.97. The summed E-state index contributed by atoms with van der Waals surface area (Å²) in [5.41, 5.74) is 0. The van der Waals surface area contributed by atoms with E-state index in [-0.39, 0.29) is 18.3 Å². The first-order valence-electron chi connectivity index (χ1n) is 5.57. The molecule has 1 saturated heterocycles. The van der Waals surface area contributed by atoms with Gasteiger partial charge in [0.2, 0.25) is 0 Å². The van der Waals surface area contributed by atoms with E-state index in [4.69, 9.17) is 18.9 Å². The summed E-state index contributed by atoms with van der Waals surface area (Å²) in [6, 6.07) is 0. The predicted molar refractivity (Wildman–Crippen MR) is 60.3 cm³/mol. The molecule has 0 aromatic rings. The molecule has 98 valence electrons. The molecule has 1 heterocycles. The lowest BCUT2D eigenvalue weighted by molar-refractivity contribution is -0.291. The van der Waals surface area contributed by atoms with Crippen molar-refractivity contribution in [3.05, 3.63) is 0 Å². The van der Waals surface area contributed by atoms with E-state index in [1.807, 2.05) is 20.8 Å². The number of hydrogen-bond acceptors (Lipinski definition) is 5. The highest BCUT2D eigenvalue weighted by Crippen LogP contribution is 2.25. The number of methoxy groups -OCH3 is 3. The van der Waals surface area contributed by atoms with Crippen LogP contribution in [-0.2, 0) is 18.9 Å². The number of aliphatic hydroxyl groups excluding tert-OH is 1. The van der Waals surface area contributed by atoms with Gasteiger partial charge in [-0.25, -0.2) is 0 Å². The molecule has 5 nitrogen and oxygen atoms in total. The van der Waals surface area contributed by atoms with Gasteiger partial charge in [0.25, 0.3) is 0 Å². The standard InChI is InChI=1S/C9H18O5.C2H6/c1-5-6(11-2)7(12-3)8(13-4)9(10)14-5;1-2/h5-10H,1-4H3;1-2H3/t5?,6-,7?,8?,9+;/m0./s1. The lowest BCUT2D eigenvalue weighted by atomic mass is 9.99. The maximum absolute atomic E-state index is 9.57. The zero-order valence-electron chi connectivity index (χ0n) is 11.0. The number of hydrogen-bond donors (Lipinski definition) is 1. The van der Waals surface area contributed by atoms with E-state index in [0.29, 0.717) is 0 Å². The van der Waals surface area contributed by atoms with Crippen LogP contribution in [0.2, 0.25) is 0 Å². The molecule has 16 heavy (non-hydrogen) atoms. The van der Waals surface area contributed by atoms with Crippen LogP contribution >= 0.6 is 0 Å². The summed E-state index contributed by atoms with van der Waals surface area (Å²) in [4.78, 5) is 0. The molecule has 1 rings (SSSR count). The lowest BCUT2D eigenvalue weighted by Gasteiger charge is -2.41. The summed E-state index contributed by atoms with van der Waals surface area (Å²) in [5.74, 6) is 0. The van der Waals surface area contributed by atoms with Crippen LogP contribution in [-0.4, -0.2) is 57.1 Å². The summed E-state index contributed by atoms with van der Waals surface area (Å²) in [5, 5.41) is 9.57. The Kier molecular flexibility index (Phi) is 7.87. The summed E-state index contributed by atoms with van der Waals surface area (Å²) >= 11 is 0. The van der Waals surface area contributed by atoms with Gasteiger partial charge in [-0.1, -0.05) is 13.8 Å². The van der Waals surface area contributed by atoms with Crippen molar-refractivity contribution in [1.29, 1.82) is 0 Å². The third-order valence-electron chi connectivity index (χ3n) is 2.56. The summed E-state index contributed by atoms with van der Waals surface area (Å²) in [6.07, 6.45) is -2.24. The topological polar surface area (TPSA) is 57.2 Å². The van der Waals surface area contributed by atoms with Crippen LogP contribution in [0.1, 0.15) is 20.8 Å². The van der Waals surface area contributed by atoms with E-state index < -0.39 is 12.4 Å². The average molecular weight is 236 g/mol. The first-order valence-corrected chi connectivity index (χ1v) is 5.57. The van der Waals surface area contributed by atoms with Crippen molar-refractivity contribution in [3.63, 3.8) is 0 Å². The Balaban J connectivity index is 0.00000106. The Morgan fingerprint density at radius 1 is 0.875 bits per heavy atom. The van der Waals surface area contributed by atoms with E-state index in [9.17, 15) is 5.11 Å². The van der Waals surface area contributed by atoms with Gasteiger partial charge in [0.1, 0.15) is 18.3 Å². The molecule has 5 atom stereocenters. The van der Waals surface area contributed by atoms with Crippen molar-refractivity contribution in [3.8, 4) is 0 Å². The van der Waals surface area contributed by atoms with Gasteiger partial charge in [0, 0.05) is 21.3 Å². The highest BCUT2D eigenvalue weighted by Gasteiger charge is 2.44. The molecule has 0 bridgehead atoms. The SMILES string of the molecule is CC.COC1C(OC)[C@H](O)OC(C)[C@@H]1OC. The minimum atomic E-state index is -0.966. The molecule has 1 aliphatic rings. The number of ether oxygens (including phenoxy) is 4. The van der Waals surface area contributed by atoms with Crippen molar-refractivity contribution in [2.75, 3.05) is 21.3 Å². The molecule has 0 radical (unpaired) electrons. The zero-order chi connectivity index (χ0) is 12.7. The van der Waals surface area contributed by atoms with Crippen molar-refractivity contribution in [2.24, 2.45) is 0 Å². The molecule has 0 saturated carbocycles. The van der Waals surface area contributed by atoms with E-state index in [1.165, 1.54) is 7.11 Å². The molecule has 0 amide bonds. The van der Waals surface area contributed by atoms with E-state index in [2.05, 4.69) is 0 Å². The van der Waals surface area contributed by atoms with Gasteiger partial charge in [0.05, 0.1) is 6.10 Å². The Hall–Kier alpha value is -0.200. The minimum absolute atomic E-state index is 0.216. The fourth-order valence-corrected chi connectivity index (χ4v) is 1.84. The fourth-order valence-electron chi connectivity index (χ4n) is 1.84. The number of aliphatic hydroxyl groups is 1.